The number of carbonyl (C=O) groups is 1. The molecule has 23 heavy (non-hydrogen) atoms. The molecule has 5 nitrogen and oxygen atoms in total. The van der Waals surface area contributed by atoms with E-state index in [0.717, 1.165) is 22.6 Å². The number of rotatable bonds is 4. The van der Waals surface area contributed by atoms with E-state index in [0.29, 0.717) is 5.69 Å². The average Bonchev–Trinajstić information content (AvgIpc) is 2.99. The molecular weight excluding hydrogens is 290 g/mol. The third-order valence-corrected chi connectivity index (χ3v) is 3.42. The van der Waals surface area contributed by atoms with Gasteiger partial charge in [-0.1, -0.05) is 12.1 Å². The lowest BCUT2D eigenvalue weighted by molar-refractivity contribution is -0.117. The molecule has 1 aromatic carbocycles. The van der Waals surface area contributed by atoms with Gasteiger partial charge in [0.1, 0.15) is 11.5 Å². The van der Waals surface area contributed by atoms with Crippen LogP contribution in [0.5, 0.6) is 0 Å². The predicted molar refractivity (Wildman–Crippen MR) is 88.6 cm³/mol. The first-order valence-electron chi connectivity index (χ1n) is 7.38. The highest BCUT2D eigenvalue weighted by molar-refractivity contribution is 5.91. The van der Waals surface area contributed by atoms with Crippen molar-refractivity contribution in [2.24, 2.45) is 0 Å². The average molecular weight is 307 g/mol. The summed E-state index contributed by atoms with van der Waals surface area (Å²) in [4.78, 5) is 20.7. The number of benzene rings is 1. The number of nitrogens with one attached hydrogen (secondary N) is 1. The molecule has 0 aliphatic carbocycles. The standard InChI is InChI=1S/C18H17N3O2/c1-12-7-9-17(23-12)13(2)20-18(22)10-8-14-11-19-15-5-3-4-6-16(15)21-14/h3-11,13H,1-2H3,(H,20,22)/b10-8+. The lowest BCUT2D eigenvalue weighted by atomic mass is 10.2. The zero-order valence-electron chi connectivity index (χ0n) is 13.0. The number of carbonyl (C=O) groups excluding carboxylic acids is 1. The molecule has 1 atom stereocenters. The molecule has 1 amide bonds. The Morgan fingerprint density at radius 2 is 2.00 bits per heavy atom. The zero-order valence-corrected chi connectivity index (χ0v) is 13.0. The van der Waals surface area contributed by atoms with Crippen LogP contribution in [0.15, 0.2) is 53.1 Å². The number of aromatic nitrogens is 2. The summed E-state index contributed by atoms with van der Waals surface area (Å²) in [6.07, 6.45) is 4.74. The summed E-state index contributed by atoms with van der Waals surface area (Å²) >= 11 is 0. The molecule has 116 valence electrons. The summed E-state index contributed by atoms with van der Waals surface area (Å²) in [6.45, 7) is 3.75. The summed E-state index contributed by atoms with van der Waals surface area (Å²) < 4.78 is 5.50. The largest absolute Gasteiger partial charge is 0.464 e. The number of hydrogen-bond acceptors (Lipinski definition) is 4. The van der Waals surface area contributed by atoms with Crippen LogP contribution < -0.4 is 5.32 Å². The molecule has 0 spiro atoms. The molecular formula is C18H17N3O2. The van der Waals surface area contributed by atoms with Crippen molar-refractivity contribution in [2.75, 3.05) is 0 Å². The van der Waals surface area contributed by atoms with E-state index in [9.17, 15) is 4.79 Å². The van der Waals surface area contributed by atoms with Gasteiger partial charge < -0.3 is 9.73 Å². The number of nitrogens with zero attached hydrogens (tertiary/aromatic N) is 2. The molecule has 3 aromatic rings. The van der Waals surface area contributed by atoms with E-state index in [1.807, 2.05) is 50.2 Å². The molecule has 1 N–H and O–H groups in total. The third kappa shape index (κ3) is 3.63. The van der Waals surface area contributed by atoms with E-state index in [-0.39, 0.29) is 11.9 Å². The lowest BCUT2D eigenvalue weighted by Gasteiger charge is -2.09. The predicted octanol–water partition coefficient (Wildman–Crippen LogP) is 3.42. The Balaban J connectivity index is 1.67. The maximum Gasteiger partial charge on any atom is 0.244 e. The Kier molecular flexibility index (Phi) is 4.19. The van der Waals surface area contributed by atoms with Gasteiger partial charge in [-0.25, -0.2) is 4.98 Å². The smallest absolute Gasteiger partial charge is 0.244 e. The number of para-hydroxylation sites is 2. The first-order valence-corrected chi connectivity index (χ1v) is 7.38. The second kappa shape index (κ2) is 6.44. The fraction of sp³-hybridized carbons (Fsp3) is 0.167. The van der Waals surface area contributed by atoms with Gasteiger partial charge in [0, 0.05) is 6.08 Å². The first-order chi connectivity index (χ1) is 11.1. The Hall–Kier alpha value is -2.95. The minimum atomic E-state index is -0.207. The minimum absolute atomic E-state index is 0.191. The van der Waals surface area contributed by atoms with Crippen LogP contribution in [0.3, 0.4) is 0 Å². The number of hydrogen-bond donors (Lipinski definition) is 1. The lowest BCUT2D eigenvalue weighted by Crippen LogP contribution is -2.24. The summed E-state index contributed by atoms with van der Waals surface area (Å²) in [6, 6.07) is 11.2. The van der Waals surface area contributed by atoms with Gasteiger partial charge in [0.15, 0.2) is 0 Å². The zero-order chi connectivity index (χ0) is 16.2. The van der Waals surface area contributed by atoms with Gasteiger partial charge in [-0.05, 0) is 44.2 Å². The molecule has 0 fully saturated rings. The molecule has 2 aromatic heterocycles. The summed E-state index contributed by atoms with van der Waals surface area (Å²) in [5.74, 6) is 1.35. The van der Waals surface area contributed by atoms with Crippen LogP contribution >= 0.6 is 0 Å². The van der Waals surface area contributed by atoms with E-state index < -0.39 is 0 Å². The topological polar surface area (TPSA) is 68.0 Å². The summed E-state index contributed by atoms with van der Waals surface area (Å²) in [5.41, 5.74) is 2.27. The number of amides is 1. The number of aryl methyl sites for hydroxylation is 1. The highest BCUT2D eigenvalue weighted by Gasteiger charge is 2.10. The van der Waals surface area contributed by atoms with Crippen molar-refractivity contribution in [3.8, 4) is 0 Å². The molecule has 3 rings (SSSR count). The van der Waals surface area contributed by atoms with Gasteiger partial charge in [0.05, 0.1) is 29.0 Å². The van der Waals surface area contributed by atoms with Crippen molar-refractivity contribution >= 4 is 23.0 Å². The maximum absolute atomic E-state index is 12.0. The van der Waals surface area contributed by atoms with Crippen molar-refractivity contribution in [3.63, 3.8) is 0 Å². The molecule has 0 aliphatic rings. The normalized spacial score (nSPS) is 12.6. The van der Waals surface area contributed by atoms with E-state index in [2.05, 4.69) is 15.3 Å². The molecule has 0 saturated heterocycles. The second-order valence-corrected chi connectivity index (χ2v) is 5.30. The van der Waals surface area contributed by atoms with Gasteiger partial charge in [-0.15, -0.1) is 0 Å². The van der Waals surface area contributed by atoms with E-state index >= 15 is 0 Å². The summed E-state index contributed by atoms with van der Waals surface area (Å²) in [5, 5.41) is 2.85. The monoisotopic (exact) mass is 307 g/mol. The van der Waals surface area contributed by atoms with Gasteiger partial charge in [-0.2, -0.15) is 0 Å². The van der Waals surface area contributed by atoms with Gasteiger partial charge >= 0.3 is 0 Å². The fourth-order valence-electron chi connectivity index (χ4n) is 2.23. The van der Waals surface area contributed by atoms with Crippen LogP contribution in [0, 0.1) is 6.92 Å². The second-order valence-electron chi connectivity index (χ2n) is 5.30. The van der Waals surface area contributed by atoms with Crippen LogP contribution in [0.25, 0.3) is 17.1 Å². The van der Waals surface area contributed by atoms with Crippen LogP contribution in [0.2, 0.25) is 0 Å². The van der Waals surface area contributed by atoms with E-state index in [1.54, 1.807) is 12.3 Å². The highest BCUT2D eigenvalue weighted by atomic mass is 16.3. The van der Waals surface area contributed by atoms with Crippen molar-refractivity contribution in [3.05, 3.63) is 65.9 Å². The molecule has 2 heterocycles. The fourth-order valence-corrected chi connectivity index (χ4v) is 2.23. The molecule has 0 radical (unpaired) electrons. The van der Waals surface area contributed by atoms with Crippen LogP contribution in [-0.2, 0) is 4.79 Å². The SMILES string of the molecule is Cc1ccc(C(C)NC(=O)/C=C/c2cnc3ccccc3n2)o1. The molecule has 0 saturated carbocycles. The third-order valence-electron chi connectivity index (χ3n) is 3.42. The number of fused-ring (bicyclic) bond motifs is 1. The van der Waals surface area contributed by atoms with Crippen molar-refractivity contribution in [1.29, 1.82) is 0 Å². The van der Waals surface area contributed by atoms with Crippen LogP contribution in [-0.4, -0.2) is 15.9 Å². The summed E-state index contributed by atoms with van der Waals surface area (Å²) in [7, 11) is 0. The first kappa shape index (κ1) is 15.0. The Labute approximate surface area is 134 Å². The Morgan fingerprint density at radius 3 is 2.74 bits per heavy atom. The van der Waals surface area contributed by atoms with Gasteiger partial charge in [0.2, 0.25) is 5.91 Å². The van der Waals surface area contributed by atoms with Crippen LogP contribution in [0.1, 0.15) is 30.2 Å². The van der Waals surface area contributed by atoms with Gasteiger partial charge in [-0.3, -0.25) is 9.78 Å². The number of furan rings is 1. The van der Waals surface area contributed by atoms with Crippen LogP contribution in [0.4, 0.5) is 0 Å². The quantitative estimate of drug-likeness (QED) is 0.750. The molecule has 1 unspecified atom stereocenters. The maximum atomic E-state index is 12.0. The highest BCUT2D eigenvalue weighted by Crippen LogP contribution is 2.15. The van der Waals surface area contributed by atoms with Crippen molar-refractivity contribution < 1.29 is 9.21 Å². The van der Waals surface area contributed by atoms with Crippen molar-refractivity contribution in [1.82, 2.24) is 15.3 Å². The van der Waals surface area contributed by atoms with Gasteiger partial charge in [0.25, 0.3) is 0 Å². The Bertz CT molecular complexity index is 867. The van der Waals surface area contributed by atoms with E-state index in [1.165, 1.54) is 6.08 Å². The van der Waals surface area contributed by atoms with E-state index in [4.69, 9.17) is 4.42 Å². The Morgan fingerprint density at radius 1 is 1.22 bits per heavy atom. The molecule has 5 heteroatoms. The van der Waals surface area contributed by atoms with Crippen molar-refractivity contribution in [2.45, 2.75) is 19.9 Å². The molecule has 0 aliphatic heterocycles. The molecule has 0 bridgehead atoms. The minimum Gasteiger partial charge on any atom is -0.464 e.